The largest absolute Gasteiger partial charge is 0.445 e. The van der Waals surface area contributed by atoms with Gasteiger partial charge in [-0.3, -0.25) is 20.2 Å². The Hall–Kier alpha value is -3.58. The number of rotatable bonds is 8. The number of benzene rings is 3. The number of Topliss-reactive ketones (excluding diaryl/α,β-unsaturated/α-hetero) is 1. The van der Waals surface area contributed by atoms with Gasteiger partial charge in [-0.05, 0) is 47.7 Å². The predicted molar refractivity (Wildman–Crippen MR) is 167 cm³/mol. The highest BCUT2D eigenvalue weighted by Gasteiger charge is 2.56. The molecule has 0 aliphatic carbocycles. The summed E-state index contributed by atoms with van der Waals surface area (Å²) >= 11 is 12.4. The maximum Gasteiger partial charge on any atom is 0.409 e. The molecule has 0 saturated carbocycles. The molecule has 3 aromatic rings. The number of hydrogen-bond donors (Lipinski definition) is 2. The quantitative estimate of drug-likeness (QED) is 0.329. The zero-order valence-corrected chi connectivity index (χ0v) is 27.1. The molecule has 5 unspecified atom stereocenters. The minimum Gasteiger partial charge on any atom is -0.445 e. The van der Waals surface area contributed by atoms with Crippen LogP contribution in [0.5, 0.6) is 0 Å². The van der Waals surface area contributed by atoms with Crippen molar-refractivity contribution in [2.24, 2.45) is 11.8 Å². The van der Waals surface area contributed by atoms with Crippen molar-refractivity contribution in [2.45, 2.75) is 61.8 Å². The molecule has 9 nitrogen and oxygen atoms in total. The number of halogens is 4. The van der Waals surface area contributed by atoms with E-state index in [0.29, 0.717) is 11.6 Å². The van der Waals surface area contributed by atoms with Crippen molar-refractivity contribution in [2.75, 3.05) is 0 Å². The van der Waals surface area contributed by atoms with E-state index < -0.39 is 68.8 Å². The smallest absolute Gasteiger partial charge is 0.409 e. The second kappa shape index (κ2) is 13.6. The summed E-state index contributed by atoms with van der Waals surface area (Å²) in [5.74, 6) is -3.94. The second-order valence-corrected chi connectivity index (χ2v) is 14.5. The Balaban J connectivity index is 1.56. The summed E-state index contributed by atoms with van der Waals surface area (Å²) in [5, 5.41) is 3.62. The molecule has 5 atom stereocenters. The molecule has 14 heteroatoms. The molecular formula is C32H31Cl2F2N3O6S. The van der Waals surface area contributed by atoms with Crippen LogP contribution < -0.4 is 10.6 Å². The van der Waals surface area contributed by atoms with Gasteiger partial charge in [0, 0.05) is 23.4 Å². The van der Waals surface area contributed by atoms with Gasteiger partial charge in [0.1, 0.15) is 23.6 Å². The first-order valence-corrected chi connectivity index (χ1v) is 16.8. The van der Waals surface area contributed by atoms with E-state index in [9.17, 15) is 31.6 Å². The molecular weight excluding hydrogens is 663 g/mol. The predicted octanol–water partition coefficient (Wildman–Crippen LogP) is 5.28. The molecule has 2 saturated heterocycles. The lowest BCUT2D eigenvalue weighted by atomic mass is 9.76. The van der Waals surface area contributed by atoms with E-state index in [-0.39, 0.29) is 45.9 Å². The number of carbonyl (C=O) groups excluding carboxylic acids is 3. The number of nitrogens with zero attached hydrogens (tertiary/aromatic N) is 1. The average molecular weight is 695 g/mol. The highest BCUT2D eigenvalue weighted by molar-refractivity contribution is 7.92. The van der Waals surface area contributed by atoms with Crippen molar-refractivity contribution in [1.82, 2.24) is 15.5 Å². The number of sulfone groups is 1. The maximum absolute atomic E-state index is 14.9. The Morgan fingerprint density at radius 1 is 1.07 bits per heavy atom. The lowest BCUT2D eigenvalue weighted by molar-refractivity contribution is -0.156. The Morgan fingerprint density at radius 2 is 1.78 bits per heavy atom. The zero-order valence-electron chi connectivity index (χ0n) is 24.8. The van der Waals surface area contributed by atoms with Gasteiger partial charge in [-0.1, -0.05) is 73.4 Å². The minimum absolute atomic E-state index is 0.0406. The summed E-state index contributed by atoms with van der Waals surface area (Å²) in [6.45, 7) is 3.44. The standard InChI is InChI=1S/C32H31Cl2F2N3O6S/c1-17(2)22-15-26-30(46(43,44)27-11-9-20(33)13-23(27)34)37-29(38-32(42)45-16-18-6-4-3-5-7-18)31(41)39(26)25(28(22)40)12-19-8-10-21(35)14-24(19)36/h3-11,13-14,17,22,25-26,29-30,37H,12,15-16H2,1-2H3,(H,38,42). The zero-order chi connectivity index (χ0) is 33.3. The van der Waals surface area contributed by atoms with Gasteiger partial charge in [-0.25, -0.2) is 22.0 Å². The molecule has 244 valence electrons. The van der Waals surface area contributed by atoms with Crippen LogP contribution in [-0.2, 0) is 37.2 Å². The third kappa shape index (κ3) is 6.90. The molecule has 0 bridgehead atoms. The van der Waals surface area contributed by atoms with Gasteiger partial charge in [-0.15, -0.1) is 0 Å². The van der Waals surface area contributed by atoms with Crippen LogP contribution in [0.25, 0.3) is 0 Å². The fraction of sp³-hybridized carbons (Fsp3) is 0.344. The first-order valence-electron chi connectivity index (χ1n) is 14.5. The molecule has 2 N–H and O–H groups in total. The van der Waals surface area contributed by atoms with Crippen molar-refractivity contribution < 1.29 is 36.3 Å². The Kier molecular flexibility index (Phi) is 10.0. The number of hydrogen-bond acceptors (Lipinski definition) is 7. The third-order valence-corrected chi connectivity index (χ3v) is 11.1. The van der Waals surface area contributed by atoms with E-state index in [2.05, 4.69) is 10.6 Å². The summed E-state index contributed by atoms with van der Waals surface area (Å²) in [5.41, 5.74) is 0.627. The average Bonchev–Trinajstić information content (AvgIpc) is 2.99. The van der Waals surface area contributed by atoms with E-state index in [1.165, 1.54) is 24.3 Å². The highest BCUT2D eigenvalue weighted by Crippen LogP contribution is 2.39. The molecule has 2 aliphatic rings. The number of piperazine rings is 1. The van der Waals surface area contributed by atoms with E-state index >= 15 is 0 Å². The molecule has 0 radical (unpaired) electrons. The molecule has 2 heterocycles. The van der Waals surface area contributed by atoms with Crippen molar-refractivity contribution in [1.29, 1.82) is 0 Å². The van der Waals surface area contributed by atoms with Crippen molar-refractivity contribution >= 4 is 50.8 Å². The van der Waals surface area contributed by atoms with E-state index in [0.717, 1.165) is 11.0 Å². The maximum atomic E-state index is 14.9. The number of carbonyl (C=O) groups is 3. The lowest BCUT2D eigenvalue weighted by Crippen LogP contribution is -2.76. The van der Waals surface area contributed by atoms with Crippen LogP contribution in [0.4, 0.5) is 13.6 Å². The molecule has 46 heavy (non-hydrogen) atoms. The van der Waals surface area contributed by atoms with Gasteiger partial charge < -0.3 is 9.64 Å². The summed E-state index contributed by atoms with van der Waals surface area (Å²) in [6.07, 6.45) is -3.08. The van der Waals surface area contributed by atoms with Gasteiger partial charge in [0.2, 0.25) is 0 Å². The Labute approximate surface area is 275 Å². The topological polar surface area (TPSA) is 122 Å². The van der Waals surface area contributed by atoms with Crippen LogP contribution >= 0.6 is 23.2 Å². The summed E-state index contributed by atoms with van der Waals surface area (Å²) in [6, 6.07) is 13.0. The first kappa shape index (κ1) is 33.8. The number of ketones is 1. The van der Waals surface area contributed by atoms with E-state index in [4.69, 9.17) is 27.9 Å². The van der Waals surface area contributed by atoms with Crippen LogP contribution in [0, 0.1) is 23.5 Å². The number of ether oxygens (including phenoxy) is 1. The number of fused-ring (bicyclic) bond motifs is 1. The molecule has 3 aromatic carbocycles. The van der Waals surface area contributed by atoms with Gasteiger partial charge in [0.25, 0.3) is 5.91 Å². The molecule has 2 fully saturated rings. The molecule has 0 aromatic heterocycles. The fourth-order valence-corrected chi connectivity index (χ4v) is 8.57. The van der Waals surface area contributed by atoms with E-state index in [1.54, 1.807) is 44.2 Å². The summed E-state index contributed by atoms with van der Waals surface area (Å²) < 4.78 is 62.4. The Morgan fingerprint density at radius 3 is 2.43 bits per heavy atom. The summed E-state index contributed by atoms with van der Waals surface area (Å²) in [4.78, 5) is 41.8. The van der Waals surface area contributed by atoms with Crippen molar-refractivity contribution in [3.63, 3.8) is 0 Å². The molecule has 0 spiro atoms. The number of amides is 2. The summed E-state index contributed by atoms with van der Waals surface area (Å²) in [7, 11) is -4.43. The van der Waals surface area contributed by atoms with Crippen LogP contribution in [0.1, 0.15) is 31.4 Å². The van der Waals surface area contributed by atoms with Crippen LogP contribution in [0.15, 0.2) is 71.6 Å². The third-order valence-electron chi connectivity index (χ3n) is 8.31. The van der Waals surface area contributed by atoms with Crippen molar-refractivity contribution in [3.05, 3.63) is 99.5 Å². The van der Waals surface area contributed by atoms with E-state index in [1.807, 2.05) is 0 Å². The van der Waals surface area contributed by atoms with Crippen LogP contribution in [-0.4, -0.2) is 54.7 Å². The van der Waals surface area contributed by atoms with Gasteiger partial charge >= 0.3 is 6.09 Å². The SMILES string of the molecule is CC(C)C1CC2C(S(=O)(=O)c3ccc(Cl)cc3Cl)NC(NC(=O)OCc3ccccc3)C(=O)N2C(Cc2ccc(F)cc2F)C1=O. The van der Waals surface area contributed by atoms with Gasteiger partial charge in [0.05, 0.1) is 22.0 Å². The van der Waals surface area contributed by atoms with Gasteiger partial charge in [0.15, 0.2) is 21.8 Å². The Bertz CT molecular complexity index is 1760. The number of nitrogens with one attached hydrogen (secondary N) is 2. The highest BCUT2D eigenvalue weighted by atomic mass is 35.5. The van der Waals surface area contributed by atoms with Crippen molar-refractivity contribution in [3.8, 4) is 0 Å². The second-order valence-electron chi connectivity index (χ2n) is 11.6. The van der Waals surface area contributed by atoms with Crippen LogP contribution in [0.2, 0.25) is 10.0 Å². The lowest BCUT2D eigenvalue weighted by Gasteiger charge is -2.52. The molecule has 2 aliphatic heterocycles. The number of alkyl carbamates (subject to hydrolysis) is 1. The molecule has 2 amide bonds. The first-order chi connectivity index (χ1) is 21.8. The monoisotopic (exact) mass is 693 g/mol. The van der Waals surface area contributed by atoms with Crippen LogP contribution in [0.3, 0.4) is 0 Å². The normalized spacial score (nSPS) is 23.3. The fourth-order valence-electron chi connectivity index (χ4n) is 6.01. The molecule has 5 rings (SSSR count). The van der Waals surface area contributed by atoms with Gasteiger partial charge in [-0.2, -0.15) is 0 Å². The number of piperidine rings is 1. The minimum atomic E-state index is -4.43.